The molecule has 6 nitrogen and oxygen atoms in total. The number of aromatic amines is 1. The van der Waals surface area contributed by atoms with E-state index in [1.807, 2.05) is 0 Å². The lowest BCUT2D eigenvalue weighted by molar-refractivity contribution is 0.603. The third-order valence-corrected chi connectivity index (χ3v) is 4.76. The molecule has 0 unspecified atom stereocenters. The van der Waals surface area contributed by atoms with Crippen molar-refractivity contribution < 1.29 is 8.42 Å². The smallest absolute Gasteiger partial charge is 0.258 e. The quantitative estimate of drug-likeness (QED) is 0.634. The largest absolute Gasteiger partial charge is 0.398 e. The number of hydrogen-bond donors (Lipinski definition) is 2. The highest BCUT2D eigenvalue weighted by Gasteiger charge is 2.08. The zero-order valence-electron chi connectivity index (χ0n) is 10.2. The first-order chi connectivity index (χ1) is 8.87. The Kier molecular flexibility index (Phi) is 3.81. The van der Waals surface area contributed by atoms with Crippen molar-refractivity contribution in [2.75, 3.05) is 23.5 Å². The van der Waals surface area contributed by atoms with Crippen LogP contribution >= 0.6 is 11.8 Å². The van der Waals surface area contributed by atoms with Crippen molar-refractivity contribution in [3.05, 3.63) is 28.8 Å². The minimum absolute atomic E-state index is 0.0813. The van der Waals surface area contributed by atoms with Crippen molar-refractivity contribution in [3.8, 4) is 0 Å². The Hall–Kier alpha value is -1.54. The van der Waals surface area contributed by atoms with Crippen LogP contribution in [-0.4, -0.2) is 36.1 Å². The zero-order valence-corrected chi connectivity index (χ0v) is 11.8. The Bertz CT molecular complexity index is 768. The highest BCUT2D eigenvalue weighted by atomic mass is 32.2. The lowest BCUT2D eigenvalue weighted by atomic mass is 10.2. The molecule has 1 aromatic carbocycles. The van der Waals surface area contributed by atoms with Crippen LogP contribution in [0.25, 0.3) is 10.9 Å². The van der Waals surface area contributed by atoms with Crippen LogP contribution in [0.15, 0.2) is 28.2 Å². The molecule has 3 N–H and O–H groups in total. The number of hydrogen-bond acceptors (Lipinski definition) is 6. The topological polar surface area (TPSA) is 106 Å². The molecule has 0 amide bonds. The van der Waals surface area contributed by atoms with E-state index >= 15 is 0 Å². The second-order valence-corrected chi connectivity index (χ2v) is 7.51. The minimum atomic E-state index is -2.99. The van der Waals surface area contributed by atoms with Gasteiger partial charge in [-0.3, -0.25) is 4.79 Å². The summed E-state index contributed by atoms with van der Waals surface area (Å²) in [6, 6.07) is 3.26. The number of sulfone groups is 1. The lowest BCUT2D eigenvalue weighted by Crippen LogP contribution is -2.08. The predicted octanol–water partition coefficient (Wildman–Crippen LogP) is 0.642. The average molecular weight is 299 g/mol. The summed E-state index contributed by atoms with van der Waals surface area (Å²) in [4.78, 5) is 18.8. The second-order valence-electron chi connectivity index (χ2n) is 4.12. The SMILES string of the molecule is CS(=O)(=O)CCSc1cc2nc[nH]c(=O)c2cc1N. The molecule has 0 radical (unpaired) electrons. The monoisotopic (exact) mass is 299 g/mol. The number of aromatic nitrogens is 2. The summed E-state index contributed by atoms with van der Waals surface area (Å²) in [6.07, 6.45) is 2.52. The number of rotatable bonds is 4. The molecule has 0 fully saturated rings. The number of H-pyrrole nitrogens is 1. The average Bonchev–Trinajstić information content (AvgIpc) is 2.30. The van der Waals surface area contributed by atoms with Crippen LogP contribution in [0.2, 0.25) is 0 Å². The van der Waals surface area contributed by atoms with Gasteiger partial charge in [-0.05, 0) is 12.1 Å². The van der Waals surface area contributed by atoms with Crippen molar-refractivity contribution in [1.29, 1.82) is 0 Å². The normalized spacial score (nSPS) is 11.8. The van der Waals surface area contributed by atoms with Crippen LogP contribution in [-0.2, 0) is 9.84 Å². The number of fused-ring (bicyclic) bond motifs is 1. The molecule has 1 aromatic heterocycles. The highest BCUT2D eigenvalue weighted by Crippen LogP contribution is 2.27. The van der Waals surface area contributed by atoms with Gasteiger partial charge >= 0.3 is 0 Å². The molecule has 0 spiro atoms. The van der Waals surface area contributed by atoms with Gasteiger partial charge in [0.1, 0.15) is 9.84 Å². The van der Waals surface area contributed by atoms with Crippen molar-refractivity contribution in [2.45, 2.75) is 4.90 Å². The standard InChI is InChI=1S/C11H13N3O3S2/c1-19(16,17)3-2-18-10-5-9-7(4-8(10)12)11(15)14-6-13-9/h4-6H,2-3,12H2,1H3,(H,13,14,15). The molecule has 19 heavy (non-hydrogen) atoms. The van der Waals surface area contributed by atoms with Crippen molar-refractivity contribution in [3.63, 3.8) is 0 Å². The zero-order chi connectivity index (χ0) is 14.0. The molecule has 0 aliphatic rings. The Morgan fingerprint density at radius 1 is 1.42 bits per heavy atom. The fourth-order valence-electron chi connectivity index (χ4n) is 1.54. The summed E-state index contributed by atoms with van der Waals surface area (Å²) in [5, 5.41) is 0.424. The number of thioether (sulfide) groups is 1. The molecule has 0 aliphatic carbocycles. The van der Waals surface area contributed by atoms with Crippen LogP contribution in [0.4, 0.5) is 5.69 Å². The molecule has 2 aromatic rings. The summed E-state index contributed by atoms with van der Waals surface area (Å²) < 4.78 is 22.1. The van der Waals surface area contributed by atoms with E-state index in [4.69, 9.17) is 5.73 Å². The second kappa shape index (κ2) is 5.22. The molecule has 1 heterocycles. The van der Waals surface area contributed by atoms with Gasteiger partial charge in [0.05, 0.1) is 23.0 Å². The Morgan fingerprint density at radius 2 is 2.16 bits per heavy atom. The molecule has 0 saturated carbocycles. The van der Waals surface area contributed by atoms with Crippen LogP contribution < -0.4 is 11.3 Å². The maximum absolute atomic E-state index is 11.6. The van der Waals surface area contributed by atoms with E-state index in [1.54, 1.807) is 12.1 Å². The number of nitrogens with zero attached hydrogens (tertiary/aromatic N) is 1. The first kappa shape index (κ1) is 13.9. The van der Waals surface area contributed by atoms with Crippen LogP contribution in [0.3, 0.4) is 0 Å². The molecular formula is C11H13N3O3S2. The van der Waals surface area contributed by atoms with Gasteiger partial charge in [-0.25, -0.2) is 13.4 Å². The first-order valence-electron chi connectivity index (χ1n) is 5.44. The first-order valence-corrected chi connectivity index (χ1v) is 8.49. The van der Waals surface area contributed by atoms with Gasteiger partial charge in [-0.1, -0.05) is 0 Å². The summed E-state index contributed by atoms with van der Waals surface area (Å²) >= 11 is 1.34. The van der Waals surface area contributed by atoms with E-state index in [1.165, 1.54) is 24.3 Å². The van der Waals surface area contributed by atoms with Gasteiger partial charge in [0, 0.05) is 22.6 Å². The maximum Gasteiger partial charge on any atom is 0.258 e. The van der Waals surface area contributed by atoms with Gasteiger partial charge in [-0.15, -0.1) is 11.8 Å². The minimum Gasteiger partial charge on any atom is -0.398 e. The van der Waals surface area contributed by atoms with Crippen LogP contribution in [0.5, 0.6) is 0 Å². The number of anilines is 1. The summed E-state index contributed by atoms with van der Waals surface area (Å²) in [5.41, 5.74) is 6.60. The third kappa shape index (κ3) is 3.48. The fraction of sp³-hybridized carbons (Fsp3) is 0.273. The van der Waals surface area contributed by atoms with E-state index in [0.717, 1.165) is 4.90 Å². The number of benzene rings is 1. The molecule has 0 saturated heterocycles. The maximum atomic E-state index is 11.6. The van der Waals surface area contributed by atoms with E-state index in [2.05, 4.69) is 9.97 Å². The molecule has 0 aliphatic heterocycles. The van der Waals surface area contributed by atoms with Gasteiger partial charge < -0.3 is 10.7 Å². The molecular weight excluding hydrogens is 286 g/mol. The number of nitrogens with two attached hydrogens (primary N) is 1. The van der Waals surface area contributed by atoms with Crippen LogP contribution in [0.1, 0.15) is 0 Å². The lowest BCUT2D eigenvalue weighted by Gasteiger charge is -2.06. The molecule has 102 valence electrons. The number of nitrogen functional groups attached to an aromatic ring is 1. The summed E-state index contributed by atoms with van der Waals surface area (Å²) in [5.74, 6) is 0.496. The molecule has 8 heteroatoms. The van der Waals surface area contributed by atoms with Crippen molar-refractivity contribution in [2.24, 2.45) is 0 Å². The Balaban J connectivity index is 2.29. The Morgan fingerprint density at radius 3 is 2.84 bits per heavy atom. The van der Waals surface area contributed by atoms with Gasteiger partial charge in [-0.2, -0.15) is 0 Å². The van der Waals surface area contributed by atoms with Crippen molar-refractivity contribution >= 4 is 38.2 Å². The van der Waals surface area contributed by atoms with Gasteiger partial charge in [0.2, 0.25) is 0 Å². The van der Waals surface area contributed by atoms with E-state index in [0.29, 0.717) is 22.3 Å². The van der Waals surface area contributed by atoms with Crippen LogP contribution in [0, 0.1) is 0 Å². The molecule has 0 atom stereocenters. The van der Waals surface area contributed by atoms with E-state index in [9.17, 15) is 13.2 Å². The number of nitrogens with one attached hydrogen (secondary N) is 1. The van der Waals surface area contributed by atoms with Gasteiger partial charge in [0.15, 0.2) is 0 Å². The third-order valence-electron chi connectivity index (χ3n) is 2.48. The molecule has 2 rings (SSSR count). The predicted molar refractivity (Wildman–Crippen MR) is 77.2 cm³/mol. The summed E-state index contributed by atoms with van der Waals surface area (Å²) in [6.45, 7) is 0. The van der Waals surface area contributed by atoms with Crippen molar-refractivity contribution in [1.82, 2.24) is 9.97 Å². The summed E-state index contributed by atoms with van der Waals surface area (Å²) in [7, 11) is -2.99. The highest BCUT2D eigenvalue weighted by molar-refractivity contribution is 8.00. The van der Waals surface area contributed by atoms with E-state index in [-0.39, 0.29) is 11.3 Å². The molecule has 0 bridgehead atoms. The Labute approximate surface area is 114 Å². The van der Waals surface area contributed by atoms with E-state index < -0.39 is 9.84 Å². The van der Waals surface area contributed by atoms with Gasteiger partial charge in [0.25, 0.3) is 5.56 Å². The fourth-order valence-corrected chi connectivity index (χ4v) is 3.73.